The van der Waals surface area contributed by atoms with Gasteiger partial charge in [0.15, 0.2) is 0 Å². The SMILES string of the molecule is COCCOCCCNCC(O)COC(C)(C)C. The van der Waals surface area contributed by atoms with Gasteiger partial charge >= 0.3 is 0 Å². The lowest BCUT2D eigenvalue weighted by Gasteiger charge is -2.22. The number of hydrogen-bond acceptors (Lipinski definition) is 5. The third-order valence-electron chi connectivity index (χ3n) is 2.16. The van der Waals surface area contributed by atoms with Crippen molar-refractivity contribution in [2.45, 2.75) is 38.9 Å². The van der Waals surface area contributed by atoms with Crippen LogP contribution in [0.1, 0.15) is 27.2 Å². The van der Waals surface area contributed by atoms with Crippen LogP contribution in [0.2, 0.25) is 0 Å². The van der Waals surface area contributed by atoms with Gasteiger partial charge in [-0.05, 0) is 33.7 Å². The maximum atomic E-state index is 9.65. The zero-order valence-corrected chi connectivity index (χ0v) is 12.2. The molecule has 0 rings (SSSR count). The van der Waals surface area contributed by atoms with E-state index in [1.54, 1.807) is 7.11 Å². The van der Waals surface area contributed by atoms with E-state index in [-0.39, 0.29) is 5.60 Å². The average Bonchev–Trinajstić information content (AvgIpc) is 2.29. The molecule has 5 heteroatoms. The van der Waals surface area contributed by atoms with Gasteiger partial charge < -0.3 is 24.6 Å². The van der Waals surface area contributed by atoms with Crippen molar-refractivity contribution in [1.29, 1.82) is 0 Å². The number of ether oxygens (including phenoxy) is 3. The molecule has 0 radical (unpaired) electrons. The Balaban J connectivity index is 3.23. The molecular weight excluding hydrogens is 234 g/mol. The van der Waals surface area contributed by atoms with Crippen LogP contribution in [0, 0.1) is 0 Å². The third-order valence-corrected chi connectivity index (χ3v) is 2.16. The fourth-order valence-electron chi connectivity index (χ4n) is 1.22. The molecule has 1 unspecified atom stereocenters. The van der Waals surface area contributed by atoms with Gasteiger partial charge in [-0.1, -0.05) is 0 Å². The fraction of sp³-hybridized carbons (Fsp3) is 1.00. The summed E-state index contributed by atoms with van der Waals surface area (Å²) in [6.45, 7) is 9.66. The minimum atomic E-state index is -0.460. The van der Waals surface area contributed by atoms with Gasteiger partial charge in [-0.15, -0.1) is 0 Å². The molecular formula is C13H29NO4. The molecule has 0 aromatic rings. The van der Waals surface area contributed by atoms with Crippen LogP contribution in [0.5, 0.6) is 0 Å². The van der Waals surface area contributed by atoms with Gasteiger partial charge in [-0.2, -0.15) is 0 Å². The molecule has 110 valence electrons. The van der Waals surface area contributed by atoms with Gasteiger partial charge in [0.05, 0.1) is 31.5 Å². The van der Waals surface area contributed by atoms with Crippen LogP contribution in [0.3, 0.4) is 0 Å². The summed E-state index contributed by atoms with van der Waals surface area (Å²) >= 11 is 0. The highest BCUT2D eigenvalue weighted by Crippen LogP contribution is 2.06. The number of rotatable bonds is 11. The van der Waals surface area contributed by atoms with Gasteiger partial charge in [-0.25, -0.2) is 0 Å². The molecule has 0 amide bonds. The maximum absolute atomic E-state index is 9.65. The highest BCUT2D eigenvalue weighted by Gasteiger charge is 2.12. The molecule has 5 nitrogen and oxygen atoms in total. The Morgan fingerprint density at radius 2 is 1.89 bits per heavy atom. The third kappa shape index (κ3) is 13.9. The smallest absolute Gasteiger partial charge is 0.0897 e. The van der Waals surface area contributed by atoms with Crippen LogP contribution < -0.4 is 5.32 Å². The molecule has 0 saturated carbocycles. The van der Waals surface area contributed by atoms with Crippen LogP contribution >= 0.6 is 0 Å². The number of hydrogen-bond donors (Lipinski definition) is 2. The summed E-state index contributed by atoms with van der Waals surface area (Å²) in [6, 6.07) is 0. The number of nitrogens with one attached hydrogen (secondary N) is 1. The largest absolute Gasteiger partial charge is 0.389 e. The van der Waals surface area contributed by atoms with E-state index in [2.05, 4.69) is 5.32 Å². The van der Waals surface area contributed by atoms with Gasteiger partial charge in [0.1, 0.15) is 0 Å². The van der Waals surface area contributed by atoms with Gasteiger partial charge in [0, 0.05) is 20.3 Å². The molecule has 2 N–H and O–H groups in total. The topological polar surface area (TPSA) is 60.0 Å². The summed E-state index contributed by atoms with van der Waals surface area (Å²) in [7, 11) is 1.66. The van der Waals surface area contributed by atoms with Crippen LogP contribution in [-0.4, -0.2) is 63.4 Å². The Morgan fingerprint density at radius 3 is 2.50 bits per heavy atom. The second-order valence-corrected chi connectivity index (χ2v) is 5.24. The highest BCUT2D eigenvalue weighted by molar-refractivity contribution is 4.64. The van der Waals surface area contributed by atoms with Crippen molar-refractivity contribution in [2.24, 2.45) is 0 Å². The van der Waals surface area contributed by atoms with E-state index in [1.165, 1.54) is 0 Å². The number of methoxy groups -OCH3 is 1. The first-order chi connectivity index (χ1) is 8.45. The maximum Gasteiger partial charge on any atom is 0.0897 e. The van der Waals surface area contributed by atoms with Crippen LogP contribution in [0.25, 0.3) is 0 Å². The Labute approximate surface area is 111 Å². The lowest BCUT2D eigenvalue weighted by molar-refractivity contribution is -0.0478. The number of aliphatic hydroxyl groups is 1. The molecule has 0 aliphatic rings. The minimum Gasteiger partial charge on any atom is -0.389 e. The zero-order valence-electron chi connectivity index (χ0n) is 12.2. The molecule has 0 aliphatic carbocycles. The van der Waals surface area contributed by atoms with Gasteiger partial charge in [0.25, 0.3) is 0 Å². The van der Waals surface area contributed by atoms with E-state index in [4.69, 9.17) is 14.2 Å². The van der Waals surface area contributed by atoms with Gasteiger partial charge in [0.2, 0.25) is 0 Å². The van der Waals surface area contributed by atoms with Crippen LogP contribution in [0.4, 0.5) is 0 Å². The average molecular weight is 263 g/mol. The van der Waals surface area contributed by atoms with Crippen molar-refractivity contribution in [3.05, 3.63) is 0 Å². The summed E-state index contributed by atoms with van der Waals surface area (Å²) in [5.41, 5.74) is -0.198. The Morgan fingerprint density at radius 1 is 1.17 bits per heavy atom. The molecule has 1 atom stereocenters. The lowest BCUT2D eigenvalue weighted by Crippen LogP contribution is -2.34. The van der Waals surface area contributed by atoms with E-state index in [1.807, 2.05) is 20.8 Å². The first-order valence-electron chi connectivity index (χ1n) is 6.55. The number of aliphatic hydroxyl groups excluding tert-OH is 1. The summed E-state index contributed by atoms with van der Waals surface area (Å²) < 4.78 is 15.7. The minimum absolute atomic E-state index is 0.198. The summed E-state index contributed by atoms with van der Waals surface area (Å²) in [4.78, 5) is 0. The fourth-order valence-corrected chi connectivity index (χ4v) is 1.22. The van der Waals surface area contributed by atoms with Crippen molar-refractivity contribution < 1.29 is 19.3 Å². The van der Waals surface area contributed by atoms with Crippen LogP contribution in [0.15, 0.2) is 0 Å². The van der Waals surface area contributed by atoms with E-state index in [0.717, 1.165) is 13.0 Å². The first-order valence-corrected chi connectivity index (χ1v) is 6.55. The molecule has 0 heterocycles. The van der Waals surface area contributed by atoms with Crippen molar-refractivity contribution >= 4 is 0 Å². The van der Waals surface area contributed by atoms with Crippen LogP contribution in [-0.2, 0) is 14.2 Å². The van der Waals surface area contributed by atoms with E-state index < -0.39 is 6.10 Å². The van der Waals surface area contributed by atoms with Crippen molar-refractivity contribution in [2.75, 3.05) is 46.6 Å². The standard InChI is InChI=1S/C13H29NO4/c1-13(2,3)18-11-12(15)10-14-6-5-7-17-9-8-16-4/h12,14-15H,5-11H2,1-4H3. The summed E-state index contributed by atoms with van der Waals surface area (Å²) in [6.07, 6.45) is 0.468. The second-order valence-electron chi connectivity index (χ2n) is 5.24. The van der Waals surface area contributed by atoms with Crippen molar-refractivity contribution in [1.82, 2.24) is 5.32 Å². The Kier molecular flexibility index (Phi) is 10.6. The summed E-state index contributed by atoms with van der Waals surface area (Å²) in [5.74, 6) is 0. The van der Waals surface area contributed by atoms with E-state index >= 15 is 0 Å². The highest BCUT2D eigenvalue weighted by atomic mass is 16.5. The second kappa shape index (κ2) is 10.7. The van der Waals surface area contributed by atoms with Crippen molar-refractivity contribution in [3.8, 4) is 0 Å². The molecule has 0 aromatic carbocycles. The first kappa shape index (κ1) is 17.8. The summed E-state index contributed by atoms with van der Waals surface area (Å²) in [5, 5.41) is 12.8. The normalized spacial score (nSPS) is 13.8. The lowest BCUT2D eigenvalue weighted by atomic mass is 10.2. The van der Waals surface area contributed by atoms with E-state index in [0.29, 0.717) is 33.0 Å². The Bertz CT molecular complexity index is 182. The Hall–Kier alpha value is -0.200. The predicted octanol–water partition coefficient (Wildman–Crippen LogP) is 0.805. The molecule has 0 aliphatic heterocycles. The van der Waals surface area contributed by atoms with Crippen molar-refractivity contribution in [3.63, 3.8) is 0 Å². The predicted molar refractivity (Wildman–Crippen MR) is 71.9 cm³/mol. The molecule has 0 aromatic heterocycles. The van der Waals surface area contributed by atoms with Gasteiger partial charge in [-0.3, -0.25) is 0 Å². The quantitative estimate of drug-likeness (QED) is 0.540. The molecule has 0 spiro atoms. The monoisotopic (exact) mass is 263 g/mol. The zero-order chi connectivity index (χ0) is 13.9. The van der Waals surface area contributed by atoms with E-state index in [9.17, 15) is 5.11 Å². The molecule has 0 saturated heterocycles. The molecule has 0 bridgehead atoms. The molecule has 18 heavy (non-hydrogen) atoms. The molecule has 0 fully saturated rings.